The van der Waals surface area contributed by atoms with E-state index in [0.717, 1.165) is 31.0 Å². The number of carbonyl (C=O) groups is 1. The van der Waals surface area contributed by atoms with E-state index in [2.05, 4.69) is 21.2 Å². The van der Waals surface area contributed by atoms with Gasteiger partial charge in [-0.3, -0.25) is 4.79 Å². The van der Waals surface area contributed by atoms with Crippen LogP contribution in [0, 0.1) is 17.3 Å². The minimum absolute atomic E-state index is 0.0914. The molecule has 2 aliphatic rings. The zero-order chi connectivity index (χ0) is 14.8. The molecule has 0 aromatic carbocycles. The van der Waals surface area contributed by atoms with Crippen molar-refractivity contribution in [3.63, 3.8) is 0 Å². The van der Waals surface area contributed by atoms with Gasteiger partial charge >= 0.3 is 6.18 Å². The summed E-state index contributed by atoms with van der Waals surface area (Å²) >= 11 is 3.38. The Balaban J connectivity index is 1.90. The lowest BCUT2D eigenvalue weighted by molar-refractivity contribution is -0.198. The maximum Gasteiger partial charge on any atom is 0.392 e. The number of hydrogen-bond acceptors (Lipinski definition) is 1. The van der Waals surface area contributed by atoms with Gasteiger partial charge in [0.05, 0.1) is 5.92 Å². The molecule has 0 aromatic heterocycles. The molecule has 2 aliphatic carbocycles. The normalized spacial score (nSPS) is 29.0. The topological polar surface area (TPSA) is 29.1 Å². The molecule has 0 saturated heterocycles. The summed E-state index contributed by atoms with van der Waals surface area (Å²) in [4.78, 5) is 12.1. The lowest BCUT2D eigenvalue weighted by atomic mass is 9.78. The summed E-state index contributed by atoms with van der Waals surface area (Å²) in [5.74, 6) is -2.74. The summed E-state index contributed by atoms with van der Waals surface area (Å²) in [6.07, 6.45) is 0.586. The van der Waals surface area contributed by atoms with Gasteiger partial charge in [0.25, 0.3) is 0 Å². The van der Waals surface area contributed by atoms with Gasteiger partial charge in [-0.15, -0.1) is 0 Å². The lowest BCUT2D eigenvalue weighted by Crippen LogP contribution is -2.44. The highest BCUT2D eigenvalue weighted by Gasteiger charge is 2.49. The molecule has 0 radical (unpaired) electrons. The summed E-state index contributed by atoms with van der Waals surface area (Å²) in [7, 11) is 0. The van der Waals surface area contributed by atoms with Crippen LogP contribution in [0.25, 0.3) is 0 Å². The SMILES string of the molecule is O=C(NCC1(CCBr)CC1)C1CCCCC1C(F)(F)F. The van der Waals surface area contributed by atoms with Crippen molar-refractivity contribution >= 4 is 21.8 Å². The molecule has 0 bridgehead atoms. The van der Waals surface area contributed by atoms with Crippen LogP contribution in [0.4, 0.5) is 13.2 Å². The molecule has 20 heavy (non-hydrogen) atoms. The van der Waals surface area contributed by atoms with Crippen molar-refractivity contribution in [2.75, 3.05) is 11.9 Å². The largest absolute Gasteiger partial charge is 0.392 e. The maximum absolute atomic E-state index is 13.0. The molecule has 2 nitrogen and oxygen atoms in total. The average molecular weight is 356 g/mol. The van der Waals surface area contributed by atoms with Crippen LogP contribution in [0.15, 0.2) is 0 Å². The quantitative estimate of drug-likeness (QED) is 0.741. The third kappa shape index (κ3) is 3.89. The van der Waals surface area contributed by atoms with E-state index in [1.807, 2.05) is 0 Å². The van der Waals surface area contributed by atoms with E-state index in [4.69, 9.17) is 0 Å². The van der Waals surface area contributed by atoms with E-state index in [0.29, 0.717) is 19.4 Å². The highest BCUT2D eigenvalue weighted by molar-refractivity contribution is 9.09. The first-order valence-corrected chi connectivity index (χ1v) is 8.40. The van der Waals surface area contributed by atoms with Crippen LogP contribution in [0.5, 0.6) is 0 Å². The molecule has 2 rings (SSSR count). The fourth-order valence-corrected chi connectivity index (χ4v) is 3.98. The molecule has 0 heterocycles. The highest BCUT2D eigenvalue weighted by Crippen LogP contribution is 2.48. The zero-order valence-corrected chi connectivity index (χ0v) is 13.0. The van der Waals surface area contributed by atoms with Gasteiger partial charge in [-0.05, 0) is 37.5 Å². The number of halogens is 4. The zero-order valence-electron chi connectivity index (χ0n) is 11.4. The van der Waals surface area contributed by atoms with Gasteiger partial charge in [0.2, 0.25) is 5.91 Å². The van der Waals surface area contributed by atoms with Crippen molar-refractivity contribution in [3.05, 3.63) is 0 Å². The second-order valence-electron chi connectivity index (χ2n) is 6.20. The maximum atomic E-state index is 13.0. The molecule has 0 aliphatic heterocycles. The molecule has 6 heteroatoms. The van der Waals surface area contributed by atoms with Crippen LogP contribution in [0.3, 0.4) is 0 Å². The van der Waals surface area contributed by atoms with Gasteiger partial charge < -0.3 is 5.32 Å². The third-order valence-corrected chi connectivity index (χ3v) is 5.14. The Morgan fingerprint density at radius 3 is 2.45 bits per heavy atom. The molecule has 1 N–H and O–H groups in total. The van der Waals surface area contributed by atoms with Crippen molar-refractivity contribution in [2.45, 2.75) is 51.1 Å². The molecular formula is C14H21BrF3NO. The van der Waals surface area contributed by atoms with Crippen LogP contribution in [-0.4, -0.2) is 24.0 Å². The standard InChI is InChI=1S/C14H21BrF3NO/c15-8-7-13(5-6-13)9-19-12(20)10-3-1-2-4-11(10)14(16,17)18/h10-11H,1-9H2,(H,19,20). The summed E-state index contributed by atoms with van der Waals surface area (Å²) < 4.78 is 38.9. The van der Waals surface area contributed by atoms with Crippen molar-refractivity contribution in [3.8, 4) is 0 Å². The minimum atomic E-state index is -4.25. The average Bonchev–Trinajstić information content (AvgIpc) is 3.16. The number of carbonyl (C=O) groups excluding carboxylic acids is 1. The second-order valence-corrected chi connectivity index (χ2v) is 6.99. The van der Waals surface area contributed by atoms with Gasteiger partial charge in [-0.25, -0.2) is 0 Å². The van der Waals surface area contributed by atoms with Crippen LogP contribution in [-0.2, 0) is 4.79 Å². The van der Waals surface area contributed by atoms with E-state index in [9.17, 15) is 18.0 Å². The number of alkyl halides is 4. The molecule has 2 atom stereocenters. The smallest absolute Gasteiger partial charge is 0.355 e. The predicted molar refractivity (Wildman–Crippen MR) is 74.6 cm³/mol. The monoisotopic (exact) mass is 355 g/mol. The number of hydrogen-bond donors (Lipinski definition) is 1. The Bertz CT molecular complexity index is 355. The Morgan fingerprint density at radius 2 is 1.90 bits per heavy atom. The fraction of sp³-hybridized carbons (Fsp3) is 0.929. The van der Waals surface area contributed by atoms with Gasteiger partial charge in [0, 0.05) is 17.8 Å². The molecule has 2 fully saturated rings. The summed E-state index contributed by atoms with van der Waals surface area (Å²) in [6, 6.07) is 0. The Hall–Kier alpha value is -0.260. The molecule has 2 unspecified atom stereocenters. The van der Waals surface area contributed by atoms with Crippen molar-refractivity contribution in [2.24, 2.45) is 17.3 Å². The van der Waals surface area contributed by atoms with E-state index in [1.54, 1.807) is 0 Å². The van der Waals surface area contributed by atoms with E-state index < -0.39 is 23.9 Å². The van der Waals surface area contributed by atoms with E-state index in [-0.39, 0.29) is 11.8 Å². The van der Waals surface area contributed by atoms with Crippen molar-refractivity contribution in [1.29, 1.82) is 0 Å². The van der Waals surface area contributed by atoms with Crippen LogP contribution in [0.2, 0.25) is 0 Å². The van der Waals surface area contributed by atoms with Crippen LogP contribution < -0.4 is 5.32 Å². The number of amides is 1. The molecule has 1 amide bonds. The van der Waals surface area contributed by atoms with E-state index >= 15 is 0 Å². The molecule has 0 spiro atoms. The fourth-order valence-electron chi connectivity index (χ4n) is 3.13. The molecule has 2 saturated carbocycles. The summed E-state index contributed by atoms with van der Waals surface area (Å²) in [5, 5.41) is 3.65. The van der Waals surface area contributed by atoms with Crippen LogP contribution >= 0.6 is 15.9 Å². The molecule has 0 aromatic rings. The summed E-state index contributed by atoms with van der Waals surface area (Å²) in [5.41, 5.74) is 0.140. The van der Waals surface area contributed by atoms with Gasteiger partial charge in [0.1, 0.15) is 0 Å². The Labute approximate surface area is 126 Å². The third-order valence-electron chi connectivity index (χ3n) is 4.74. The second kappa shape index (κ2) is 6.24. The van der Waals surface area contributed by atoms with Gasteiger partial charge in [-0.1, -0.05) is 28.8 Å². The summed E-state index contributed by atoms with van der Waals surface area (Å²) in [6.45, 7) is 0.526. The Morgan fingerprint density at radius 1 is 1.25 bits per heavy atom. The lowest BCUT2D eigenvalue weighted by Gasteiger charge is -2.32. The first-order chi connectivity index (χ1) is 9.38. The minimum Gasteiger partial charge on any atom is -0.355 e. The van der Waals surface area contributed by atoms with E-state index in [1.165, 1.54) is 0 Å². The highest BCUT2D eigenvalue weighted by atomic mass is 79.9. The first-order valence-electron chi connectivity index (χ1n) is 7.28. The van der Waals surface area contributed by atoms with Gasteiger partial charge in [-0.2, -0.15) is 13.2 Å². The Kier molecular flexibility index (Phi) is 5.03. The first kappa shape index (κ1) is 16.1. The number of nitrogens with one attached hydrogen (secondary N) is 1. The van der Waals surface area contributed by atoms with Crippen molar-refractivity contribution in [1.82, 2.24) is 5.32 Å². The van der Waals surface area contributed by atoms with Gasteiger partial charge in [0.15, 0.2) is 0 Å². The predicted octanol–water partition coefficient (Wildman–Crippen LogP) is 4.04. The van der Waals surface area contributed by atoms with Crippen molar-refractivity contribution < 1.29 is 18.0 Å². The molecule has 116 valence electrons. The molecular weight excluding hydrogens is 335 g/mol. The van der Waals surface area contributed by atoms with Crippen LogP contribution in [0.1, 0.15) is 44.9 Å². The number of rotatable bonds is 5.